The first-order valence-corrected chi connectivity index (χ1v) is 6.93. The number of carbonyl (C=O) groups excluding carboxylic acids is 1. The van der Waals surface area contributed by atoms with Crippen molar-refractivity contribution >= 4 is 11.5 Å². The summed E-state index contributed by atoms with van der Waals surface area (Å²) in [5.74, 6) is 0.368. The van der Waals surface area contributed by atoms with Crippen molar-refractivity contribution in [3.8, 4) is 17.8 Å². The molecule has 0 unspecified atom stereocenters. The molecule has 0 spiro atoms. The largest absolute Gasteiger partial charge is 0.492 e. The summed E-state index contributed by atoms with van der Waals surface area (Å²) in [7, 11) is 0. The maximum atomic E-state index is 12.5. The molecule has 0 saturated carbocycles. The van der Waals surface area contributed by atoms with Crippen LogP contribution in [0.1, 0.15) is 35.3 Å². The molecule has 1 heterocycles. The second-order valence-electron chi connectivity index (χ2n) is 5.76. The van der Waals surface area contributed by atoms with E-state index in [-0.39, 0.29) is 17.5 Å². The van der Waals surface area contributed by atoms with Gasteiger partial charge in [-0.1, -0.05) is 0 Å². The van der Waals surface area contributed by atoms with Gasteiger partial charge in [0.25, 0.3) is 0 Å². The Balaban J connectivity index is 2.09. The van der Waals surface area contributed by atoms with E-state index in [0.717, 1.165) is 0 Å². The minimum absolute atomic E-state index is 0.0406. The topological polar surface area (TPSA) is 96.1 Å². The molecule has 1 aliphatic carbocycles. The molecule has 1 aliphatic rings. The zero-order valence-corrected chi connectivity index (χ0v) is 12.6. The van der Waals surface area contributed by atoms with Gasteiger partial charge in [0, 0.05) is 28.7 Å². The average molecular weight is 307 g/mol. The fourth-order valence-corrected chi connectivity index (χ4v) is 2.40. The van der Waals surface area contributed by atoms with Crippen LogP contribution in [0.15, 0.2) is 36.4 Å². The number of rotatable bonds is 2. The summed E-state index contributed by atoms with van der Waals surface area (Å²) in [4.78, 5) is 12.5. The van der Waals surface area contributed by atoms with E-state index in [9.17, 15) is 9.90 Å². The molecule has 0 bridgehead atoms. The van der Waals surface area contributed by atoms with Gasteiger partial charge in [-0.2, -0.15) is 5.26 Å². The molecule has 0 fully saturated rings. The first-order chi connectivity index (χ1) is 10.9. The molecule has 6 heteroatoms. The lowest BCUT2D eigenvalue weighted by atomic mass is 9.77. The number of nitrogens with zero attached hydrogens (tertiary/aromatic N) is 3. The van der Waals surface area contributed by atoms with Gasteiger partial charge >= 0.3 is 0 Å². The molecule has 0 atom stereocenters. The van der Waals surface area contributed by atoms with Gasteiger partial charge in [-0.3, -0.25) is 4.79 Å². The van der Waals surface area contributed by atoms with E-state index in [2.05, 4.69) is 10.2 Å². The van der Waals surface area contributed by atoms with Gasteiger partial charge in [-0.15, -0.1) is 10.2 Å². The molecule has 0 radical (unpaired) electrons. The van der Waals surface area contributed by atoms with Crippen LogP contribution in [0.25, 0.3) is 5.76 Å². The molecule has 0 amide bonds. The molecule has 2 aromatic rings. The molecule has 23 heavy (non-hydrogen) atoms. The second kappa shape index (κ2) is 5.21. The number of Topliss-reactive ketones (excluding diaryl/α,β-unsaturated/α-hetero) is 1. The molecule has 1 aromatic heterocycles. The summed E-state index contributed by atoms with van der Waals surface area (Å²) in [5.41, 5.74) is 0.741. The third kappa shape index (κ3) is 2.64. The highest BCUT2D eigenvalue weighted by Gasteiger charge is 2.35. The predicted octanol–water partition coefficient (Wildman–Crippen LogP) is 2.70. The molecule has 0 aliphatic heterocycles. The molecule has 114 valence electrons. The van der Waals surface area contributed by atoms with Crippen LogP contribution in [-0.4, -0.2) is 21.1 Å². The summed E-state index contributed by atoms with van der Waals surface area (Å²) >= 11 is 0. The van der Waals surface area contributed by atoms with E-state index in [4.69, 9.17) is 10.00 Å². The minimum Gasteiger partial charge on any atom is -0.492 e. The maximum absolute atomic E-state index is 12.5. The van der Waals surface area contributed by atoms with Gasteiger partial charge in [0.2, 0.25) is 11.8 Å². The first-order valence-electron chi connectivity index (χ1n) is 6.93. The summed E-state index contributed by atoms with van der Waals surface area (Å²) in [6.45, 7) is 3.59. The van der Waals surface area contributed by atoms with Crippen LogP contribution < -0.4 is 4.74 Å². The third-order valence-corrected chi connectivity index (χ3v) is 3.58. The highest BCUT2D eigenvalue weighted by Crippen LogP contribution is 2.37. The van der Waals surface area contributed by atoms with Gasteiger partial charge in [0.15, 0.2) is 5.78 Å². The molecule has 6 nitrogen and oxygen atoms in total. The van der Waals surface area contributed by atoms with Crippen LogP contribution in [0.4, 0.5) is 0 Å². The standard InChI is InChI=1S/C17H13N3O3/c1-17(2)8-13(23-15-6-5-14(21)19-20-15)12-7-10(9-18)3-4-11(12)16(17)22/h3-8H,1-2H3,(H,19,21). The molecular weight excluding hydrogens is 294 g/mol. The molecule has 1 aromatic carbocycles. The van der Waals surface area contributed by atoms with Gasteiger partial charge in [-0.25, -0.2) is 0 Å². The molecular formula is C17H13N3O3. The summed E-state index contributed by atoms with van der Waals surface area (Å²) in [5, 5.41) is 25.5. The molecule has 1 N–H and O–H groups in total. The smallest absolute Gasteiger partial charge is 0.239 e. The van der Waals surface area contributed by atoms with Crippen molar-refractivity contribution in [3.63, 3.8) is 0 Å². The van der Waals surface area contributed by atoms with Crippen LogP contribution in [0.2, 0.25) is 0 Å². The number of hydrogen-bond donors (Lipinski definition) is 1. The Morgan fingerprint density at radius 1 is 1.17 bits per heavy atom. The number of aromatic nitrogens is 2. The number of benzene rings is 1. The van der Waals surface area contributed by atoms with E-state index in [1.807, 2.05) is 6.07 Å². The number of hydrogen-bond acceptors (Lipinski definition) is 6. The highest BCUT2D eigenvalue weighted by molar-refractivity contribution is 6.08. The normalized spacial score (nSPS) is 15.3. The zero-order valence-electron chi connectivity index (χ0n) is 12.6. The van der Waals surface area contributed by atoms with Gasteiger partial charge in [0.1, 0.15) is 5.76 Å². The Hall–Kier alpha value is -3.20. The fourth-order valence-electron chi connectivity index (χ4n) is 2.40. The van der Waals surface area contributed by atoms with Gasteiger partial charge in [-0.05, 0) is 38.1 Å². The zero-order chi connectivity index (χ0) is 16.6. The Morgan fingerprint density at radius 2 is 1.96 bits per heavy atom. The maximum Gasteiger partial charge on any atom is 0.239 e. The van der Waals surface area contributed by atoms with Gasteiger partial charge < -0.3 is 9.84 Å². The average Bonchev–Trinajstić information content (AvgIpc) is 2.54. The van der Waals surface area contributed by atoms with Crippen LogP contribution in [0.5, 0.6) is 11.8 Å². The van der Waals surface area contributed by atoms with Crippen molar-refractivity contribution in [2.45, 2.75) is 13.8 Å². The van der Waals surface area contributed by atoms with Crippen LogP contribution >= 0.6 is 0 Å². The number of aromatic hydroxyl groups is 1. The lowest BCUT2D eigenvalue weighted by Gasteiger charge is -2.27. The summed E-state index contributed by atoms with van der Waals surface area (Å²) < 4.78 is 5.73. The predicted molar refractivity (Wildman–Crippen MR) is 81.6 cm³/mol. The van der Waals surface area contributed by atoms with Gasteiger partial charge in [0.05, 0.1) is 11.6 Å². The van der Waals surface area contributed by atoms with E-state index in [1.165, 1.54) is 12.1 Å². The Kier molecular flexibility index (Phi) is 3.34. The third-order valence-electron chi connectivity index (χ3n) is 3.58. The monoisotopic (exact) mass is 307 g/mol. The minimum atomic E-state index is -0.735. The number of nitriles is 1. The van der Waals surface area contributed by atoms with Crippen molar-refractivity contribution in [1.82, 2.24) is 10.2 Å². The number of ketones is 1. The molecule has 3 rings (SSSR count). The van der Waals surface area contributed by atoms with Crippen LogP contribution in [0.3, 0.4) is 0 Å². The van der Waals surface area contributed by atoms with Crippen LogP contribution in [0, 0.1) is 16.7 Å². The lowest BCUT2D eigenvalue weighted by molar-refractivity contribution is 0.0880. The number of fused-ring (bicyclic) bond motifs is 1. The van der Waals surface area contributed by atoms with E-state index < -0.39 is 5.41 Å². The number of allylic oxidation sites excluding steroid dienone is 1. The fraction of sp³-hybridized carbons (Fsp3) is 0.176. The quantitative estimate of drug-likeness (QED) is 0.916. The van der Waals surface area contributed by atoms with Crippen molar-refractivity contribution < 1.29 is 14.6 Å². The lowest BCUT2D eigenvalue weighted by Crippen LogP contribution is -2.28. The van der Waals surface area contributed by atoms with Crippen molar-refractivity contribution in [2.75, 3.05) is 0 Å². The highest BCUT2D eigenvalue weighted by atomic mass is 16.5. The second-order valence-corrected chi connectivity index (χ2v) is 5.76. The van der Waals surface area contributed by atoms with E-state index in [0.29, 0.717) is 22.4 Å². The Morgan fingerprint density at radius 3 is 2.61 bits per heavy atom. The SMILES string of the molecule is CC1(C)C=C(Oc2ccc(O)nn2)c2cc(C#N)ccc2C1=O. The van der Waals surface area contributed by atoms with E-state index in [1.54, 1.807) is 38.1 Å². The number of ether oxygens (including phenoxy) is 1. The summed E-state index contributed by atoms with van der Waals surface area (Å²) in [6, 6.07) is 9.73. The molecule has 0 saturated heterocycles. The van der Waals surface area contributed by atoms with Crippen molar-refractivity contribution in [1.29, 1.82) is 5.26 Å². The first kappa shape index (κ1) is 14.7. The Bertz CT molecular complexity index is 862. The van der Waals surface area contributed by atoms with E-state index >= 15 is 0 Å². The Labute approximate surface area is 132 Å². The van der Waals surface area contributed by atoms with Crippen molar-refractivity contribution in [3.05, 3.63) is 53.1 Å². The van der Waals surface area contributed by atoms with Crippen molar-refractivity contribution in [2.24, 2.45) is 5.41 Å². The van der Waals surface area contributed by atoms with Crippen LogP contribution in [-0.2, 0) is 0 Å². The number of carbonyl (C=O) groups is 1. The summed E-state index contributed by atoms with van der Waals surface area (Å²) in [6.07, 6.45) is 1.70.